The molecule has 0 bridgehead atoms. The SMILES string of the molecule is CC/C=C\C/C=C\C/C=C\C/C=C\CCCCCCCCC(=O)OC(COC(=O)CCCCCCCCCCCCCCCCCCCCCCCCC)COP(=O)([O-])OCC[N+](C)(C)C. The molecule has 0 N–H and O–H groups in total. The summed E-state index contributed by atoms with van der Waals surface area (Å²) >= 11 is 0. The number of rotatable bonds is 50. The number of phosphoric acid groups is 1. The summed E-state index contributed by atoms with van der Waals surface area (Å²) in [5, 5.41) is 0. The summed E-state index contributed by atoms with van der Waals surface area (Å²) in [5.41, 5.74) is 0. The van der Waals surface area contributed by atoms with E-state index in [2.05, 4.69) is 62.5 Å². The number of hydrogen-bond donors (Lipinski definition) is 0. The zero-order valence-corrected chi connectivity index (χ0v) is 44.5. The Hall–Kier alpha value is -2.03. The van der Waals surface area contributed by atoms with Gasteiger partial charge in [0.25, 0.3) is 7.82 Å². The largest absolute Gasteiger partial charge is 0.756 e. The number of ether oxygens (including phenoxy) is 2. The highest BCUT2D eigenvalue weighted by molar-refractivity contribution is 7.45. The maximum atomic E-state index is 12.8. The topological polar surface area (TPSA) is 111 Å². The van der Waals surface area contributed by atoms with Crippen molar-refractivity contribution in [3.63, 3.8) is 0 Å². The van der Waals surface area contributed by atoms with Crippen LogP contribution < -0.4 is 4.89 Å². The summed E-state index contributed by atoms with van der Waals surface area (Å²) in [6.07, 6.45) is 58.6. The number of carbonyl (C=O) groups is 2. The molecule has 0 aliphatic heterocycles. The first kappa shape index (κ1) is 64.0. The van der Waals surface area contributed by atoms with Gasteiger partial charge < -0.3 is 27.9 Å². The fourth-order valence-electron chi connectivity index (χ4n) is 7.65. The van der Waals surface area contributed by atoms with E-state index in [4.69, 9.17) is 18.5 Å². The molecule has 0 aromatic heterocycles. The van der Waals surface area contributed by atoms with E-state index in [0.717, 1.165) is 83.5 Å². The Morgan fingerprint density at radius 1 is 0.485 bits per heavy atom. The van der Waals surface area contributed by atoms with Gasteiger partial charge in [-0.05, 0) is 51.4 Å². The third-order valence-electron chi connectivity index (χ3n) is 11.9. The fourth-order valence-corrected chi connectivity index (χ4v) is 8.38. The van der Waals surface area contributed by atoms with Gasteiger partial charge in [-0.15, -0.1) is 0 Å². The zero-order valence-electron chi connectivity index (χ0n) is 43.6. The van der Waals surface area contributed by atoms with E-state index in [-0.39, 0.29) is 32.0 Å². The van der Waals surface area contributed by atoms with E-state index < -0.39 is 26.5 Å². The van der Waals surface area contributed by atoms with Crippen molar-refractivity contribution in [1.29, 1.82) is 0 Å². The van der Waals surface area contributed by atoms with Crippen LogP contribution in [-0.4, -0.2) is 70.0 Å². The molecule has 0 radical (unpaired) electrons. The predicted octanol–water partition coefficient (Wildman–Crippen LogP) is 16.0. The fraction of sp³-hybridized carbons (Fsp3) is 0.821. The van der Waals surface area contributed by atoms with E-state index >= 15 is 0 Å². The molecule has 2 atom stereocenters. The molecule has 0 heterocycles. The lowest BCUT2D eigenvalue weighted by molar-refractivity contribution is -0.870. The van der Waals surface area contributed by atoms with Gasteiger partial charge in [0.1, 0.15) is 19.8 Å². The van der Waals surface area contributed by atoms with Gasteiger partial charge in [0, 0.05) is 12.8 Å². The van der Waals surface area contributed by atoms with Crippen molar-refractivity contribution in [1.82, 2.24) is 0 Å². The second-order valence-corrected chi connectivity index (χ2v) is 21.0. The highest BCUT2D eigenvalue weighted by atomic mass is 31.2. The molecule has 0 aliphatic rings. The first-order valence-corrected chi connectivity index (χ1v) is 28.8. The minimum atomic E-state index is -4.64. The maximum Gasteiger partial charge on any atom is 0.306 e. The van der Waals surface area contributed by atoms with Crippen LogP contribution in [0.25, 0.3) is 0 Å². The first-order valence-electron chi connectivity index (χ1n) is 27.3. The highest BCUT2D eigenvalue weighted by Crippen LogP contribution is 2.38. The molecule has 0 aliphatic carbocycles. The zero-order chi connectivity index (χ0) is 48.5. The third-order valence-corrected chi connectivity index (χ3v) is 12.8. The summed E-state index contributed by atoms with van der Waals surface area (Å²) < 4.78 is 34.1. The Balaban J connectivity index is 4.19. The first-order chi connectivity index (χ1) is 32.0. The lowest BCUT2D eigenvalue weighted by Gasteiger charge is -2.28. The van der Waals surface area contributed by atoms with Crippen LogP contribution in [0, 0.1) is 0 Å². The van der Waals surface area contributed by atoms with Gasteiger partial charge >= 0.3 is 11.9 Å². The molecule has 0 saturated heterocycles. The second kappa shape index (κ2) is 48.0. The quantitative estimate of drug-likeness (QED) is 0.0195. The van der Waals surface area contributed by atoms with Gasteiger partial charge in [0.05, 0.1) is 27.7 Å². The molecule has 9 nitrogen and oxygen atoms in total. The van der Waals surface area contributed by atoms with Crippen LogP contribution in [0.4, 0.5) is 0 Å². The number of allylic oxidation sites excluding steroid dienone is 8. The van der Waals surface area contributed by atoms with Crippen LogP contribution in [0.15, 0.2) is 48.6 Å². The van der Waals surface area contributed by atoms with Crippen LogP contribution in [-0.2, 0) is 32.7 Å². The molecule has 0 aromatic rings. The third kappa shape index (κ3) is 51.4. The molecule has 0 fully saturated rings. The Kier molecular flexibility index (Phi) is 46.5. The molecule has 66 heavy (non-hydrogen) atoms. The number of nitrogens with zero attached hydrogens (tertiary/aromatic N) is 1. The molecule has 0 aromatic carbocycles. The van der Waals surface area contributed by atoms with E-state index in [9.17, 15) is 19.0 Å². The summed E-state index contributed by atoms with van der Waals surface area (Å²) in [7, 11) is 1.16. The van der Waals surface area contributed by atoms with Gasteiger partial charge in [0.15, 0.2) is 6.10 Å². The number of likely N-dealkylation sites (N-methyl/N-ethyl adjacent to an activating group) is 1. The molecule has 386 valence electrons. The average molecular weight is 950 g/mol. The lowest BCUT2D eigenvalue weighted by Crippen LogP contribution is -2.37. The average Bonchev–Trinajstić information content (AvgIpc) is 3.27. The lowest BCUT2D eigenvalue weighted by atomic mass is 10.0. The number of hydrogen-bond acceptors (Lipinski definition) is 8. The van der Waals surface area contributed by atoms with E-state index in [1.54, 1.807) is 0 Å². The van der Waals surface area contributed by atoms with Crippen LogP contribution in [0.1, 0.15) is 245 Å². The van der Waals surface area contributed by atoms with Crippen LogP contribution >= 0.6 is 7.82 Å². The molecular weight excluding hydrogens is 846 g/mol. The van der Waals surface area contributed by atoms with Crippen molar-refractivity contribution < 1.29 is 42.1 Å². The van der Waals surface area contributed by atoms with E-state index in [0.29, 0.717) is 17.4 Å². The summed E-state index contributed by atoms with van der Waals surface area (Å²) in [6, 6.07) is 0. The number of esters is 2. The van der Waals surface area contributed by atoms with Gasteiger partial charge in [0.2, 0.25) is 0 Å². The minimum absolute atomic E-state index is 0.0340. The monoisotopic (exact) mass is 950 g/mol. The normalized spacial score (nSPS) is 13.7. The molecule has 0 amide bonds. The van der Waals surface area contributed by atoms with Crippen molar-refractivity contribution in [2.45, 2.75) is 251 Å². The molecule has 10 heteroatoms. The van der Waals surface area contributed by atoms with E-state index in [1.807, 2.05) is 21.1 Å². The Morgan fingerprint density at radius 2 is 0.864 bits per heavy atom. The van der Waals surface area contributed by atoms with Crippen molar-refractivity contribution in [3.8, 4) is 0 Å². The van der Waals surface area contributed by atoms with Gasteiger partial charge in [-0.3, -0.25) is 14.2 Å². The number of phosphoric ester groups is 1. The van der Waals surface area contributed by atoms with Crippen LogP contribution in [0.2, 0.25) is 0 Å². The van der Waals surface area contributed by atoms with Crippen molar-refractivity contribution in [3.05, 3.63) is 48.6 Å². The summed E-state index contributed by atoms with van der Waals surface area (Å²) in [6.45, 7) is 4.14. The van der Waals surface area contributed by atoms with Gasteiger partial charge in [-0.1, -0.05) is 229 Å². The van der Waals surface area contributed by atoms with Gasteiger partial charge in [-0.2, -0.15) is 0 Å². The molecule has 0 saturated carbocycles. The van der Waals surface area contributed by atoms with Crippen molar-refractivity contribution in [2.75, 3.05) is 47.5 Å². The van der Waals surface area contributed by atoms with Crippen molar-refractivity contribution >= 4 is 19.8 Å². The number of quaternary nitrogens is 1. The molecule has 0 rings (SSSR count). The standard InChI is InChI=1S/C56H104NO8P/c1-6-8-10-12-14-16-18-20-22-24-26-27-28-29-31-32-34-36-38-40-42-44-46-48-55(58)62-52-54(53-64-66(60,61)63-51-50-57(3,4)5)65-56(59)49-47-45-43-41-39-37-35-33-30-25-23-21-19-17-15-13-11-9-7-2/h9,11,15,17,21,23,30,33,54H,6-8,10,12-14,16,18-20,22,24-29,31-32,34-53H2,1-5H3/b11-9-,17-15-,23-21-,33-30-. The Labute approximate surface area is 407 Å². The molecule has 2 unspecified atom stereocenters. The minimum Gasteiger partial charge on any atom is -0.756 e. The number of carbonyl (C=O) groups excluding carboxylic acids is 2. The summed E-state index contributed by atoms with van der Waals surface area (Å²) in [5.74, 6) is -0.841. The maximum absolute atomic E-state index is 12.8. The second-order valence-electron chi connectivity index (χ2n) is 19.6. The number of unbranched alkanes of at least 4 members (excludes halogenated alkanes) is 28. The predicted molar refractivity (Wildman–Crippen MR) is 277 cm³/mol. The Bertz CT molecular complexity index is 1260. The molecular formula is C56H104NO8P. The van der Waals surface area contributed by atoms with Crippen LogP contribution in [0.3, 0.4) is 0 Å². The van der Waals surface area contributed by atoms with Crippen LogP contribution in [0.5, 0.6) is 0 Å². The Morgan fingerprint density at radius 3 is 1.29 bits per heavy atom. The van der Waals surface area contributed by atoms with Crippen molar-refractivity contribution in [2.24, 2.45) is 0 Å². The smallest absolute Gasteiger partial charge is 0.306 e. The summed E-state index contributed by atoms with van der Waals surface area (Å²) in [4.78, 5) is 37.8. The van der Waals surface area contributed by atoms with Gasteiger partial charge in [-0.25, -0.2) is 0 Å². The molecule has 0 spiro atoms. The van der Waals surface area contributed by atoms with E-state index in [1.165, 1.54) is 128 Å². The highest BCUT2D eigenvalue weighted by Gasteiger charge is 2.21.